The van der Waals surface area contributed by atoms with Crippen LogP contribution in [-0.4, -0.2) is 58.5 Å². The lowest BCUT2D eigenvalue weighted by Crippen LogP contribution is -2.45. The molecule has 3 N–H and O–H groups in total. The predicted molar refractivity (Wildman–Crippen MR) is 100 cm³/mol. The first-order chi connectivity index (χ1) is 11.5. The molecule has 1 fully saturated rings. The highest BCUT2D eigenvalue weighted by atomic mass is 32.2. The maximum Gasteiger partial charge on any atom is 0.270 e. The van der Waals surface area contributed by atoms with Crippen molar-refractivity contribution in [3.63, 3.8) is 0 Å². The van der Waals surface area contributed by atoms with Crippen LogP contribution in [-0.2, 0) is 6.42 Å². The molecule has 2 heterocycles. The second-order valence-corrected chi connectivity index (χ2v) is 7.77. The summed E-state index contributed by atoms with van der Waals surface area (Å²) in [5, 5.41) is 3.10. The van der Waals surface area contributed by atoms with Gasteiger partial charge in [-0.3, -0.25) is 4.79 Å². The van der Waals surface area contributed by atoms with E-state index in [2.05, 4.69) is 40.3 Å². The van der Waals surface area contributed by atoms with E-state index >= 15 is 0 Å². The van der Waals surface area contributed by atoms with Gasteiger partial charge in [0.15, 0.2) is 0 Å². The number of nitrogen functional groups attached to an aromatic ring is 1. The second kappa shape index (κ2) is 9.22. The lowest BCUT2D eigenvalue weighted by atomic mass is 10.0. The number of carbonyl (C=O) groups excluding carboxylic acids is 1. The zero-order valence-electron chi connectivity index (χ0n) is 14.9. The molecule has 0 saturated carbocycles. The van der Waals surface area contributed by atoms with Crippen LogP contribution in [0.3, 0.4) is 0 Å². The van der Waals surface area contributed by atoms with Crippen molar-refractivity contribution >= 4 is 23.6 Å². The first kappa shape index (κ1) is 19.0. The fourth-order valence-corrected chi connectivity index (χ4v) is 3.38. The number of aromatic nitrogens is 2. The maximum atomic E-state index is 12.5. The average Bonchev–Trinajstić information content (AvgIpc) is 2.53. The van der Waals surface area contributed by atoms with Crippen molar-refractivity contribution in [1.29, 1.82) is 0 Å². The molecule has 0 unspecified atom stereocenters. The lowest BCUT2D eigenvalue weighted by Gasteiger charge is -2.32. The van der Waals surface area contributed by atoms with E-state index < -0.39 is 0 Å². The minimum Gasteiger partial charge on any atom is -0.368 e. The third kappa shape index (κ3) is 5.94. The standard InChI is InChI=1S/C17H29N5OS/c1-12(2)10-14-11-15(21-17(18)20-14)16(23)19-13-4-6-22(7-5-13)8-9-24-3/h11-13H,4-10H2,1-3H3,(H,19,23)(H2,18,20,21). The molecule has 0 atom stereocenters. The van der Waals surface area contributed by atoms with Crippen molar-refractivity contribution in [2.75, 3.05) is 37.4 Å². The summed E-state index contributed by atoms with van der Waals surface area (Å²) in [7, 11) is 0. The summed E-state index contributed by atoms with van der Waals surface area (Å²) < 4.78 is 0. The molecule has 0 radical (unpaired) electrons. The van der Waals surface area contributed by atoms with E-state index in [0.29, 0.717) is 11.6 Å². The fraction of sp³-hybridized carbons (Fsp3) is 0.706. The number of amides is 1. The zero-order chi connectivity index (χ0) is 17.5. The molecule has 0 bridgehead atoms. The Kier molecular flexibility index (Phi) is 7.30. The number of nitrogens with two attached hydrogens (primary N) is 1. The molecule has 0 spiro atoms. The fourth-order valence-electron chi connectivity index (χ4n) is 2.94. The Hall–Kier alpha value is -1.34. The Balaban J connectivity index is 1.90. The van der Waals surface area contributed by atoms with Gasteiger partial charge in [-0.25, -0.2) is 9.97 Å². The molecule has 1 aromatic heterocycles. The van der Waals surface area contributed by atoms with E-state index in [-0.39, 0.29) is 17.9 Å². The number of hydrogen-bond donors (Lipinski definition) is 2. The number of rotatable bonds is 7. The number of likely N-dealkylation sites (tertiary alicyclic amines) is 1. The Morgan fingerprint density at radius 1 is 1.42 bits per heavy atom. The Labute approximate surface area is 149 Å². The van der Waals surface area contributed by atoms with Gasteiger partial charge < -0.3 is 16.0 Å². The van der Waals surface area contributed by atoms with Gasteiger partial charge in [-0.1, -0.05) is 13.8 Å². The summed E-state index contributed by atoms with van der Waals surface area (Å²) in [4.78, 5) is 23.3. The Bertz CT molecular complexity index is 544. The minimum absolute atomic E-state index is 0.142. The maximum absolute atomic E-state index is 12.5. The summed E-state index contributed by atoms with van der Waals surface area (Å²) in [5.74, 6) is 1.65. The van der Waals surface area contributed by atoms with Gasteiger partial charge in [0.2, 0.25) is 5.95 Å². The van der Waals surface area contributed by atoms with Gasteiger partial charge in [0.1, 0.15) is 5.69 Å². The van der Waals surface area contributed by atoms with Crippen LogP contribution in [0.5, 0.6) is 0 Å². The number of nitrogens with one attached hydrogen (secondary N) is 1. The predicted octanol–water partition coefficient (Wildman–Crippen LogP) is 1.81. The first-order valence-corrected chi connectivity index (χ1v) is 10.0. The van der Waals surface area contributed by atoms with E-state index in [1.54, 1.807) is 6.07 Å². The van der Waals surface area contributed by atoms with Gasteiger partial charge in [-0.15, -0.1) is 0 Å². The number of carbonyl (C=O) groups is 1. The molecule has 1 aliphatic rings. The van der Waals surface area contributed by atoms with E-state index in [0.717, 1.165) is 50.3 Å². The topological polar surface area (TPSA) is 84.1 Å². The molecule has 1 saturated heterocycles. The highest BCUT2D eigenvalue weighted by Crippen LogP contribution is 2.13. The largest absolute Gasteiger partial charge is 0.368 e. The number of thioether (sulfide) groups is 1. The smallest absolute Gasteiger partial charge is 0.270 e. The summed E-state index contributed by atoms with van der Waals surface area (Å²) in [6, 6.07) is 1.98. The molecular formula is C17H29N5OS. The molecular weight excluding hydrogens is 322 g/mol. The molecule has 24 heavy (non-hydrogen) atoms. The van der Waals surface area contributed by atoms with Crippen LogP contribution in [0, 0.1) is 5.92 Å². The third-order valence-corrected chi connectivity index (χ3v) is 4.77. The van der Waals surface area contributed by atoms with E-state index in [1.165, 1.54) is 0 Å². The monoisotopic (exact) mass is 351 g/mol. The third-order valence-electron chi connectivity index (χ3n) is 4.18. The quantitative estimate of drug-likeness (QED) is 0.779. The van der Waals surface area contributed by atoms with Gasteiger partial charge in [-0.2, -0.15) is 11.8 Å². The van der Waals surface area contributed by atoms with Crippen molar-refractivity contribution < 1.29 is 4.79 Å². The van der Waals surface area contributed by atoms with Crippen molar-refractivity contribution in [2.45, 2.75) is 39.2 Å². The van der Waals surface area contributed by atoms with E-state index in [9.17, 15) is 4.79 Å². The van der Waals surface area contributed by atoms with Crippen LogP contribution in [0.25, 0.3) is 0 Å². The van der Waals surface area contributed by atoms with Crippen LogP contribution in [0.4, 0.5) is 5.95 Å². The molecule has 1 amide bonds. The van der Waals surface area contributed by atoms with Crippen molar-refractivity contribution in [3.05, 3.63) is 17.5 Å². The van der Waals surface area contributed by atoms with Crippen molar-refractivity contribution in [2.24, 2.45) is 5.92 Å². The number of anilines is 1. The minimum atomic E-state index is -0.142. The molecule has 1 aromatic rings. The molecule has 0 aromatic carbocycles. The van der Waals surface area contributed by atoms with Gasteiger partial charge in [0.25, 0.3) is 5.91 Å². The summed E-state index contributed by atoms with van der Waals surface area (Å²) >= 11 is 1.87. The molecule has 134 valence electrons. The summed E-state index contributed by atoms with van der Waals surface area (Å²) in [6.45, 7) is 7.43. The second-order valence-electron chi connectivity index (χ2n) is 6.78. The summed E-state index contributed by atoms with van der Waals surface area (Å²) in [6.07, 6.45) is 4.90. The lowest BCUT2D eigenvalue weighted by molar-refractivity contribution is 0.0907. The van der Waals surface area contributed by atoms with Gasteiger partial charge >= 0.3 is 0 Å². The Morgan fingerprint density at radius 3 is 2.75 bits per heavy atom. The highest BCUT2D eigenvalue weighted by molar-refractivity contribution is 7.98. The SMILES string of the molecule is CSCCN1CCC(NC(=O)c2cc(CC(C)C)nc(N)n2)CC1. The normalized spacial score (nSPS) is 16.5. The Morgan fingerprint density at radius 2 is 2.12 bits per heavy atom. The van der Waals surface area contributed by atoms with Crippen LogP contribution < -0.4 is 11.1 Å². The zero-order valence-corrected chi connectivity index (χ0v) is 15.7. The van der Waals surface area contributed by atoms with Crippen LogP contribution in [0.15, 0.2) is 6.07 Å². The molecule has 2 rings (SSSR count). The number of hydrogen-bond acceptors (Lipinski definition) is 6. The highest BCUT2D eigenvalue weighted by Gasteiger charge is 2.21. The van der Waals surface area contributed by atoms with Crippen molar-refractivity contribution in [1.82, 2.24) is 20.2 Å². The van der Waals surface area contributed by atoms with E-state index in [1.807, 2.05) is 11.8 Å². The van der Waals surface area contributed by atoms with E-state index in [4.69, 9.17) is 5.73 Å². The van der Waals surface area contributed by atoms with Crippen LogP contribution in [0.2, 0.25) is 0 Å². The molecule has 7 heteroatoms. The van der Waals surface area contributed by atoms with Gasteiger partial charge in [0, 0.05) is 37.1 Å². The first-order valence-electron chi connectivity index (χ1n) is 8.63. The number of nitrogens with zero attached hydrogens (tertiary/aromatic N) is 3. The van der Waals surface area contributed by atoms with Crippen LogP contribution in [0.1, 0.15) is 42.9 Å². The summed E-state index contributed by atoms with van der Waals surface area (Å²) in [5.41, 5.74) is 6.97. The molecule has 6 nitrogen and oxygen atoms in total. The van der Waals surface area contributed by atoms with Gasteiger partial charge in [0.05, 0.1) is 0 Å². The van der Waals surface area contributed by atoms with Crippen molar-refractivity contribution in [3.8, 4) is 0 Å². The van der Waals surface area contributed by atoms with Crippen LogP contribution >= 0.6 is 11.8 Å². The number of piperidine rings is 1. The van der Waals surface area contributed by atoms with Gasteiger partial charge in [-0.05, 0) is 37.5 Å². The molecule has 0 aliphatic carbocycles. The average molecular weight is 352 g/mol. The molecule has 1 aliphatic heterocycles.